The molecule has 0 heteroatoms. The lowest BCUT2D eigenvalue weighted by Crippen LogP contribution is -2.05. The van der Waals surface area contributed by atoms with Crippen molar-refractivity contribution in [3.8, 4) is 0 Å². The Morgan fingerprint density at radius 1 is 1.15 bits per heavy atom. The molecule has 1 aliphatic rings. The molecule has 1 rings (SSSR count). The largest absolute Gasteiger partial charge is 0.103 e. The number of hydrogen-bond acceptors (Lipinski definition) is 0. The van der Waals surface area contributed by atoms with Gasteiger partial charge in [-0.3, -0.25) is 0 Å². The predicted octanol–water partition coefficient (Wildman–Crippen LogP) is 4.42. The lowest BCUT2D eigenvalue weighted by molar-refractivity contribution is 0.357. The SMILES string of the molecule is C=CCCC1CC(CC)CC1CC. The molecule has 1 fully saturated rings. The van der Waals surface area contributed by atoms with Crippen LogP contribution in [0, 0.1) is 17.8 Å². The molecular formula is C13H24. The second-order valence-electron chi connectivity index (χ2n) is 4.54. The summed E-state index contributed by atoms with van der Waals surface area (Å²) in [6.07, 6.45) is 10.4. The first-order valence-electron chi connectivity index (χ1n) is 5.92. The van der Waals surface area contributed by atoms with Crippen LogP contribution >= 0.6 is 0 Å². The second kappa shape index (κ2) is 5.47. The molecule has 0 nitrogen and oxygen atoms in total. The van der Waals surface area contributed by atoms with Crippen LogP contribution in [0.2, 0.25) is 0 Å². The maximum Gasteiger partial charge on any atom is -0.0351 e. The van der Waals surface area contributed by atoms with Gasteiger partial charge in [-0.05, 0) is 43.4 Å². The number of rotatable bonds is 5. The van der Waals surface area contributed by atoms with Gasteiger partial charge in [-0.15, -0.1) is 6.58 Å². The summed E-state index contributed by atoms with van der Waals surface area (Å²) in [5, 5.41) is 0. The van der Waals surface area contributed by atoms with E-state index in [0.29, 0.717) is 0 Å². The van der Waals surface area contributed by atoms with Crippen molar-refractivity contribution in [3.63, 3.8) is 0 Å². The normalized spacial score (nSPS) is 33.5. The summed E-state index contributed by atoms with van der Waals surface area (Å²) in [6.45, 7) is 8.50. The summed E-state index contributed by atoms with van der Waals surface area (Å²) in [6, 6.07) is 0. The molecule has 3 unspecified atom stereocenters. The zero-order valence-corrected chi connectivity index (χ0v) is 9.26. The minimum Gasteiger partial charge on any atom is -0.103 e. The quantitative estimate of drug-likeness (QED) is 0.550. The summed E-state index contributed by atoms with van der Waals surface area (Å²) >= 11 is 0. The van der Waals surface area contributed by atoms with Gasteiger partial charge in [-0.25, -0.2) is 0 Å². The Bertz CT molecular complexity index is 148. The molecule has 0 saturated heterocycles. The smallest absolute Gasteiger partial charge is 0.0351 e. The van der Waals surface area contributed by atoms with Crippen molar-refractivity contribution in [2.24, 2.45) is 17.8 Å². The maximum atomic E-state index is 3.81. The van der Waals surface area contributed by atoms with Gasteiger partial charge in [0.15, 0.2) is 0 Å². The monoisotopic (exact) mass is 180 g/mol. The van der Waals surface area contributed by atoms with E-state index in [-0.39, 0.29) is 0 Å². The molecule has 1 saturated carbocycles. The molecule has 0 radical (unpaired) electrons. The van der Waals surface area contributed by atoms with Gasteiger partial charge in [0.2, 0.25) is 0 Å². The zero-order chi connectivity index (χ0) is 9.68. The lowest BCUT2D eigenvalue weighted by atomic mass is 9.90. The number of hydrogen-bond donors (Lipinski definition) is 0. The van der Waals surface area contributed by atoms with E-state index in [1.165, 1.54) is 38.5 Å². The summed E-state index contributed by atoms with van der Waals surface area (Å²) < 4.78 is 0. The standard InChI is InChI=1S/C13H24/c1-4-7-8-13-10-11(5-2)9-12(13)6-3/h4,11-13H,1,5-10H2,2-3H3. The second-order valence-corrected chi connectivity index (χ2v) is 4.54. The van der Waals surface area contributed by atoms with Crippen LogP contribution in [0.4, 0.5) is 0 Å². The van der Waals surface area contributed by atoms with E-state index in [2.05, 4.69) is 26.5 Å². The minimum atomic E-state index is 1.01. The molecule has 0 heterocycles. The fourth-order valence-electron chi connectivity index (χ4n) is 2.86. The third kappa shape index (κ3) is 2.86. The Morgan fingerprint density at radius 3 is 2.38 bits per heavy atom. The molecule has 0 aromatic heterocycles. The molecule has 1 aliphatic carbocycles. The van der Waals surface area contributed by atoms with Crippen molar-refractivity contribution in [2.45, 2.75) is 52.4 Å². The zero-order valence-electron chi connectivity index (χ0n) is 9.26. The van der Waals surface area contributed by atoms with Crippen LogP contribution in [-0.2, 0) is 0 Å². The molecule has 76 valence electrons. The van der Waals surface area contributed by atoms with Gasteiger partial charge in [-0.1, -0.05) is 32.8 Å². The Morgan fingerprint density at radius 2 is 1.85 bits per heavy atom. The first kappa shape index (κ1) is 10.8. The van der Waals surface area contributed by atoms with E-state index in [9.17, 15) is 0 Å². The van der Waals surface area contributed by atoms with Crippen LogP contribution in [-0.4, -0.2) is 0 Å². The highest BCUT2D eigenvalue weighted by atomic mass is 14.4. The highest BCUT2D eigenvalue weighted by molar-refractivity contribution is 4.83. The average molecular weight is 180 g/mol. The topological polar surface area (TPSA) is 0 Å². The lowest BCUT2D eigenvalue weighted by Gasteiger charge is -2.16. The van der Waals surface area contributed by atoms with Gasteiger partial charge < -0.3 is 0 Å². The Labute approximate surface area is 83.4 Å². The maximum absolute atomic E-state index is 3.81. The minimum absolute atomic E-state index is 1.01. The fourth-order valence-corrected chi connectivity index (χ4v) is 2.86. The van der Waals surface area contributed by atoms with Crippen LogP contribution in [0.15, 0.2) is 12.7 Å². The first-order valence-corrected chi connectivity index (χ1v) is 5.92. The van der Waals surface area contributed by atoms with Gasteiger partial charge in [0.25, 0.3) is 0 Å². The average Bonchev–Trinajstić information content (AvgIpc) is 2.57. The van der Waals surface area contributed by atoms with Crippen LogP contribution in [0.5, 0.6) is 0 Å². The van der Waals surface area contributed by atoms with E-state index in [0.717, 1.165) is 17.8 Å². The number of allylic oxidation sites excluding steroid dienone is 1. The molecule has 0 spiro atoms. The Kier molecular flexibility index (Phi) is 4.55. The van der Waals surface area contributed by atoms with Gasteiger partial charge in [0.1, 0.15) is 0 Å². The molecule has 3 atom stereocenters. The van der Waals surface area contributed by atoms with E-state index in [1.54, 1.807) is 0 Å². The van der Waals surface area contributed by atoms with Crippen molar-refractivity contribution in [1.29, 1.82) is 0 Å². The Hall–Kier alpha value is -0.260. The van der Waals surface area contributed by atoms with Crippen LogP contribution in [0.25, 0.3) is 0 Å². The van der Waals surface area contributed by atoms with Crippen LogP contribution in [0.3, 0.4) is 0 Å². The third-order valence-corrected chi connectivity index (χ3v) is 3.78. The third-order valence-electron chi connectivity index (χ3n) is 3.78. The molecule has 0 aromatic rings. The first-order chi connectivity index (χ1) is 6.31. The highest BCUT2D eigenvalue weighted by Gasteiger charge is 2.30. The molecule has 0 aliphatic heterocycles. The van der Waals surface area contributed by atoms with E-state index in [1.807, 2.05) is 0 Å². The van der Waals surface area contributed by atoms with Crippen molar-refractivity contribution < 1.29 is 0 Å². The summed E-state index contributed by atoms with van der Waals surface area (Å²) in [4.78, 5) is 0. The van der Waals surface area contributed by atoms with Gasteiger partial charge in [0, 0.05) is 0 Å². The summed E-state index contributed by atoms with van der Waals surface area (Å²) in [7, 11) is 0. The van der Waals surface area contributed by atoms with E-state index < -0.39 is 0 Å². The van der Waals surface area contributed by atoms with Gasteiger partial charge in [-0.2, -0.15) is 0 Å². The molecule has 0 N–H and O–H groups in total. The molecule has 0 aromatic carbocycles. The predicted molar refractivity (Wildman–Crippen MR) is 59.7 cm³/mol. The summed E-state index contributed by atoms with van der Waals surface area (Å²) in [5.41, 5.74) is 0. The molecule has 0 bridgehead atoms. The van der Waals surface area contributed by atoms with Gasteiger partial charge in [0.05, 0.1) is 0 Å². The van der Waals surface area contributed by atoms with Crippen molar-refractivity contribution in [2.75, 3.05) is 0 Å². The van der Waals surface area contributed by atoms with Crippen molar-refractivity contribution in [1.82, 2.24) is 0 Å². The van der Waals surface area contributed by atoms with Crippen molar-refractivity contribution in [3.05, 3.63) is 12.7 Å². The molecule has 0 amide bonds. The molecule has 13 heavy (non-hydrogen) atoms. The fraction of sp³-hybridized carbons (Fsp3) is 0.846. The van der Waals surface area contributed by atoms with Gasteiger partial charge >= 0.3 is 0 Å². The molecular weight excluding hydrogens is 156 g/mol. The van der Waals surface area contributed by atoms with Crippen molar-refractivity contribution >= 4 is 0 Å². The van der Waals surface area contributed by atoms with Crippen LogP contribution < -0.4 is 0 Å². The van der Waals surface area contributed by atoms with E-state index in [4.69, 9.17) is 0 Å². The van der Waals surface area contributed by atoms with E-state index >= 15 is 0 Å². The Balaban J connectivity index is 2.37. The summed E-state index contributed by atoms with van der Waals surface area (Å²) in [5.74, 6) is 3.05. The highest BCUT2D eigenvalue weighted by Crippen LogP contribution is 2.42. The van der Waals surface area contributed by atoms with Crippen LogP contribution in [0.1, 0.15) is 52.4 Å².